The minimum atomic E-state index is -1.23. The average Bonchev–Trinajstić information content (AvgIpc) is 3.38. The lowest BCUT2D eigenvalue weighted by molar-refractivity contribution is -0.142. The van der Waals surface area contributed by atoms with Crippen LogP contribution in [0, 0.1) is 0 Å². The fourth-order valence-corrected chi connectivity index (χ4v) is 3.76. The third kappa shape index (κ3) is 9.32. The molecule has 1 heterocycles. The van der Waals surface area contributed by atoms with E-state index in [0.717, 1.165) is 5.56 Å². The van der Waals surface area contributed by atoms with Gasteiger partial charge in [-0.15, -0.1) is 0 Å². The van der Waals surface area contributed by atoms with Gasteiger partial charge in [0.05, 0.1) is 12.9 Å². The second-order valence-corrected chi connectivity index (χ2v) is 9.05. The molecule has 0 saturated heterocycles. The molecule has 2 aromatic rings. The summed E-state index contributed by atoms with van der Waals surface area (Å²) in [6.07, 6.45) is 5.04. The molecule has 8 N–H and O–H groups in total. The van der Waals surface area contributed by atoms with Crippen LogP contribution in [-0.2, 0) is 32.0 Å². The fraction of sp³-hybridized carbons (Fsp3) is 0.435. The highest BCUT2D eigenvalue weighted by Crippen LogP contribution is 2.07. The number of amides is 3. The van der Waals surface area contributed by atoms with Gasteiger partial charge >= 0.3 is 5.97 Å². The van der Waals surface area contributed by atoms with Gasteiger partial charge in [-0.3, -0.25) is 14.4 Å². The molecule has 1 aromatic heterocycles. The van der Waals surface area contributed by atoms with Crippen LogP contribution >= 0.6 is 11.8 Å². The highest BCUT2D eigenvalue weighted by molar-refractivity contribution is 7.98. The molecule has 13 heteroatoms. The van der Waals surface area contributed by atoms with Crippen LogP contribution in [0.2, 0.25) is 0 Å². The van der Waals surface area contributed by atoms with Crippen molar-refractivity contribution in [1.82, 2.24) is 25.9 Å². The van der Waals surface area contributed by atoms with Crippen LogP contribution in [0.4, 0.5) is 0 Å². The fourth-order valence-electron chi connectivity index (χ4n) is 3.28. The molecule has 3 amide bonds. The number of carboxylic acid groups (broad SMARTS) is 1. The number of hydrogen-bond acceptors (Lipinski definition) is 8. The number of aromatic nitrogens is 2. The summed E-state index contributed by atoms with van der Waals surface area (Å²) in [4.78, 5) is 57.1. The van der Waals surface area contributed by atoms with Gasteiger partial charge in [-0.2, -0.15) is 11.8 Å². The van der Waals surface area contributed by atoms with Crippen LogP contribution < -0.4 is 21.7 Å². The largest absolute Gasteiger partial charge is 0.480 e. The molecule has 1 aromatic carbocycles. The molecule has 0 saturated carbocycles. The Morgan fingerprint density at radius 3 is 2.17 bits per heavy atom. The van der Waals surface area contributed by atoms with Gasteiger partial charge < -0.3 is 36.9 Å². The number of aliphatic hydroxyl groups is 1. The standard InChI is InChI=1S/C23H32N6O6S/c1-36-8-7-17(23(34)35)27-22(33)19(10-15-11-25-13-26-15)29-21(32)18(28-20(31)16(24)12-30)9-14-5-3-2-4-6-14/h2-6,11,13,16-19,30H,7-10,12,24H2,1H3,(H,25,26)(H,27,33)(H,28,31)(H,29,32)(H,34,35). The Labute approximate surface area is 212 Å². The van der Waals surface area contributed by atoms with E-state index in [1.807, 2.05) is 6.26 Å². The molecule has 0 aliphatic carbocycles. The van der Waals surface area contributed by atoms with E-state index in [2.05, 4.69) is 25.9 Å². The summed E-state index contributed by atoms with van der Waals surface area (Å²) in [7, 11) is 0. The van der Waals surface area contributed by atoms with Gasteiger partial charge in [0.2, 0.25) is 17.7 Å². The normalized spacial score (nSPS) is 14.2. The molecule has 0 aliphatic rings. The summed E-state index contributed by atoms with van der Waals surface area (Å²) in [5, 5.41) is 26.3. The maximum Gasteiger partial charge on any atom is 0.326 e. The van der Waals surface area contributed by atoms with Gasteiger partial charge in [-0.25, -0.2) is 9.78 Å². The van der Waals surface area contributed by atoms with Gasteiger partial charge in [0.15, 0.2) is 0 Å². The molecule has 4 unspecified atom stereocenters. The first-order valence-corrected chi connectivity index (χ1v) is 12.6. The second-order valence-electron chi connectivity index (χ2n) is 8.06. The van der Waals surface area contributed by atoms with E-state index in [1.54, 1.807) is 30.3 Å². The average molecular weight is 521 g/mol. The van der Waals surface area contributed by atoms with Crippen molar-refractivity contribution in [2.45, 2.75) is 43.4 Å². The Morgan fingerprint density at radius 1 is 1.00 bits per heavy atom. The summed E-state index contributed by atoms with van der Waals surface area (Å²) >= 11 is 1.45. The highest BCUT2D eigenvalue weighted by atomic mass is 32.2. The van der Waals surface area contributed by atoms with Crippen LogP contribution in [0.15, 0.2) is 42.9 Å². The Bertz CT molecular complexity index is 990. The number of hydrogen-bond donors (Lipinski definition) is 7. The first-order valence-electron chi connectivity index (χ1n) is 11.3. The Hall–Kier alpha value is -3.42. The van der Waals surface area contributed by atoms with Crippen molar-refractivity contribution in [1.29, 1.82) is 0 Å². The van der Waals surface area contributed by atoms with E-state index >= 15 is 0 Å². The van der Waals surface area contributed by atoms with Crippen LogP contribution in [0.1, 0.15) is 17.7 Å². The lowest BCUT2D eigenvalue weighted by Crippen LogP contribution is -2.58. The number of H-pyrrole nitrogens is 1. The van der Waals surface area contributed by atoms with Crippen molar-refractivity contribution in [2.24, 2.45) is 5.73 Å². The summed E-state index contributed by atoms with van der Waals surface area (Å²) in [6, 6.07) is 4.28. The number of aliphatic carboxylic acids is 1. The van der Waals surface area contributed by atoms with E-state index in [9.17, 15) is 29.4 Å². The monoisotopic (exact) mass is 520 g/mol. The number of carbonyl (C=O) groups is 4. The van der Waals surface area contributed by atoms with E-state index in [-0.39, 0.29) is 19.3 Å². The zero-order chi connectivity index (χ0) is 26.5. The number of nitrogens with one attached hydrogen (secondary N) is 4. The Balaban J connectivity index is 2.24. The molecule has 0 fully saturated rings. The first-order chi connectivity index (χ1) is 17.2. The Morgan fingerprint density at radius 2 is 1.61 bits per heavy atom. The minimum absolute atomic E-state index is 0.00853. The lowest BCUT2D eigenvalue weighted by atomic mass is 10.0. The zero-order valence-electron chi connectivity index (χ0n) is 19.8. The van der Waals surface area contributed by atoms with Crippen molar-refractivity contribution in [2.75, 3.05) is 18.6 Å². The first kappa shape index (κ1) is 28.8. The maximum atomic E-state index is 13.3. The number of rotatable bonds is 15. The lowest BCUT2D eigenvalue weighted by Gasteiger charge is -2.25. The van der Waals surface area contributed by atoms with Crippen molar-refractivity contribution in [3.63, 3.8) is 0 Å². The number of imidazole rings is 1. The van der Waals surface area contributed by atoms with Gasteiger partial charge in [0.25, 0.3) is 0 Å². The van der Waals surface area contributed by atoms with Crippen molar-refractivity contribution < 1.29 is 29.4 Å². The van der Waals surface area contributed by atoms with E-state index in [0.29, 0.717) is 11.4 Å². The molecular formula is C23H32N6O6S. The predicted molar refractivity (Wildman–Crippen MR) is 134 cm³/mol. The van der Waals surface area contributed by atoms with Gasteiger partial charge in [0, 0.05) is 24.7 Å². The van der Waals surface area contributed by atoms with Gasteiger partial charge in [-0.1, -0.05) is 30.3 Å². The number of thioether (sulfide) groups is 1. The minimum Gasteiger partial charge on any atom is -0.480 e. The number of aromatic amines is 1. The topological polar surface area (TPSA) is 200 Å². The van der Waals surface area contributed by atoms with Crippen LogP contribution in [0.3, 0.4) is 0 Å². The summed E-state index contributed by atoms with van der Waals surface area (Å²) in [5.74, 6) is -2.76. The summed E-state index contributed by atoms with van der Waals surface area (Å²) in [6.45, 7) is -0.608. The number of carboxylic acids is 1. The van der Waals surface area contributed by atoms with Crippen LogP contribution in [-0.4, -0.2) is 86.7 Å². The van der Waals surface area contributed by atoms with E-state index < -0.39 is 54.5 Å². The van der Waals surface area contributed by atoms with Crippen molar-refractivity contribution in [3.05, 3.63) is 54.1 Å². The van der Waals surface area contributed by atoms with Gasteiger partial charge in [0.1, 0.15) is 24.2 Å². The third-order valence-electron chi connectivity index (χ3n) is 5.29. The van der Waals surface area contributed by atoms with Gasteiger partial charge in [-0.05, 0) is 24.0 Å². The molecule has 36 heavy (non-hydrogen) atoms. The van der Waals surface area contributed by atoms with Crippen LogP contribution in [0.5, 0.6) is 0 Å². The molecule has 196 valence electrons. The zero-order valence-corrected chi connectivity index (χ0v) is 20.7. The molecule has 4 atom stereocenters. The molecule has 0 bridgehead atoms. The molecule has 0 radical (unpaired) electrons. The number of aliphatic hydroxyl groups excluding tert-OH is 1. The van der Waals surface area contributed by atoms with Crippen molar-refractivity contribution in [3.8, 4) is 0 Å². The molecule has 12 nitrogen and oxygen atoms in total. The Kier molecular flexibility index (Phi) is 11.9. The molecule has 2 rings (SSSR count). The van der Waals surface area contributed by atoms with Crippen LogP contribution in [0.25, 0.3) is 0 Å². The summed E-state index contributed by atoms with van der Waals surface area (Å²) < 4.78 is 0. The quantitative estimate of drug-likeness (QED) is 0.151. The predicted octanol–water partition coefficient (Wildman–Crippen LogP) is -1.19. The number of benzene rings is 1. The van der Waals surface area contributed by atoms with E-state index in [1.165, 1.54) is 24.3 Å². The molecule has 0 spiro atoms. The smallest absolute Gasteiger partial charge is 0.326 e. The van der Waals surface area contributed by atoms with Crippen molar-refractivity contribution >= 4 is 35.5 Å². The highest BCUT2D eigenvalue weighted by Gasteiger charge is 2.30. The molecular weight excluding hydrogens is 488 g/mol. The van der Waals surface area contributed by atoms with E-state index in [4.69, 9.17) is 5.73 Å². The second kappa shape index (κ2) is 14.9. The summed E-state index contributed by atoms with van der Waals surface area (Å²) in [5.41, 5.74) is 6.88. The number of nitrogens with zero attached hydrogens (tertiary/aromatic N) is 1. The molecule has 0 aliphatic heterocycles. The SMILES string of the molecule is CSCCC(NC(=O)C(Cc1cnc[nH]1)NC(=O)C(Cc1ccccc1)NC(=O)C(N)CO)C(=O)O. The number of carbonyl (C=O) groups excluding carboxylic acids is 3. The third-order valence-corrected chi connectivity index (χ3v) is 5.93. The maximum absolute atomic E-state index is 13.3. The number of nitrogens with two attached hydrogens (primary N) is 1.